The molecule has 0 atom stereocenters. The Hall–Kier alpha value is -6.96. The molecule has 11 nitrogen and oxygen atoms in total. The van der Waals surface area contributed by atoms with E-state index in [-0.39, 0.29) is 0 Å². The highest BCUT2D eigenvalue weighted by molar-refractivity contribution is 7.98. The summed E-state index contributed by atoms with van der Waals surface area (Å²) >= 11 is 3.08. The Kier molecular flexibility index (Phi) is 12.0. The lowest BCUT2D eigenvalue weighted by molar-refractivity contribution is 0.299. The third kappa shape index (κ3) is 9.13. The molecule has 61 heavy (non-hydrogen) atoms. The number of ether oxygens (including phenoxy) is 3. The Morgan fingerprint density at radius 3 is 1.46 bits per heavy atom. The maximum Gasteiger partial charge on any atom is 0.212 e. The van der Waals surface area contributed by atoms with Crippen molar-refractivity contribution in [2.45, 2.75) is 42.0 Å². The van der Waals surface area contributed by atoms with Crippen LogP contribution in [0.5, 0.6) is 17.2 Å². The fourth-order valence-corrected chi connectivity index (χ4v) is 8.66. The summed E-state index contributed by atoms with van der Waals surface area (Å²) in [5.41, 5.74) is 8.60. The summed E-state index contributed by atoms with van der Waals surface area (Å²) in [6.45, 7) is 2.81. The molecule has 8 aromatic rings. The maximum atomic E-state index is 6.43. The Morgan fingerprint density at radius 1 is 0.525 bits per heavy atom. The number of fused-ring (bicyclic) bond motifs is 8. The lowest BCUT2D eigenvalue weighted by Gasteiger charge is -2.15. The molecular weight excluding hydrogens is 801 g/mol. The highest BCUT2D eigenvalue weighted by Crippen LogP contribution is 2.36. The molecule has 3 heterocycles. The van der Waals surface area contributed by atoms with Crippen molar-refractivity contribution < 1.29 is 14.2 Å². The molecule has 0 saturated heterocycles. The number of rotatable bonds is 3. The molecular formula is C48H40N8O3S2. The molecule has 2 aromatic heterocycles. The second-order valence-corrected chi connectivity index (χ2v) is 16.0. The number of benzene rings is 6. The standard InChI is InChI=1S/C48H40N8O3S2/c1-33-24-40-31-60-47-53-51-45(36-16-5-3-6-17-36)55(47)49-27-38-20-9-11-22-42(38)58-29-34-14-13-15-35(26-34)30-59-43-23-12-10-21-39(43)28-50-56-46(37-18-7-4-8-19-37)52-54-48(56)61-32-41(25-33)44(40)57-2/h3-28H,29-32H2,1-2H3/b49-27+,50-28+. The van der Waals surface area contributed by atoms with Crippen LogP contribution in [0.25, 0.3) is 22.8 Å². The Morgan fingerprint density at radius 2 is 0.984 bits per heavy atom. The summed E-state index contributed by atoms with van der Waals surface area (Å²) < 4.78 is 22.6. The first-order chi connectivity index (χ1) is 30.1. The molecule has 0 unspecified atom stereocenters. The van der Waals surface area contributed by atoms with E-state index in [1.807, 2.05) is 127 Å². The minimum absolute atomic E-state index is 0.355. The van der Waals surface area contributed by atoms with E-state index in [9.17, 15) is 0 Å². The lowest BCUT2D eigenvalue weighted by atomic mass is 10.1. The van der Waals surface area contributed by atoms with Gasteiger partial charge in [0.05, 0.1) is 19.5 Å². The average Bonchev–Trinajstić information content (AvgIpc) is 3.91. The number of hydrogen-bond donors (Lipinski definition) is 0. The van der Waals surface area contributed by atoms with Crippen molar-refractivity contribution in [2.75, 3.05) is 7.11 Å². The zero-order chi connectivity index (χ0) is 41.4. The van der Waals surface area contributed by atoms with Gasteiger partial charge in [-0.15, -0.1) is 20.4 Å². The van der Waals surface area contributed by atoms with Crippen LogP contribution < -0.4 is 14.2 Å². The fourth-order valence-electron chi connectivity index (χ4n) is 6.95. The summed E-state index contributed by atoms with van der Waals surface area (Å²) in [7, 11) is 1.71. The van der Waals surface area contributed by atoms with Gasteiger partial charge < -0.3 is 14.2 Å². The first-order valence-electron chi connectivity index (χ1n) is 19.6. The molecule has 302 valence electrons. The molecule has 0 amide bonds. The topological polar surface area (TPSA) is 114 Å². The minimum atomic E-state index is 0.355. The smallest absolute Gasteiger partial charge is 0.212 e. The van der Waals surface area contributed by atoms with Crippen LogP contribution in [0, 0.1) is 6.92 Å². The molecule has 4 bridgehead atoms. The van der Waals surface area contributed by atoms with E-state index in [1.165, 1.54) is 0 Å². The van der Waals surface area contributed by atoms with Gasteiger partial charge in [-0.05, 0) is 48.4 Å². The van der Waals surface area contributed by atoms with E-state index in [2.05, 4.69) is 45.5 Å². The van der Waals surface area contributed by atoms with Gasteiger partial charge in [-0.25, -0.2) is 0 Å². The highest BCUT2D eigenvalue weighted by atomic mass is 32.2. The predicted octanol–water partition coefficient (Wildman–Crippen LogP) is 10.3. The summed E-state index contributed by atoms with van der Waals surface area (Å²) in [6, 6.07) is 48.2. The van der Waals surface area contributed by atoms with E-state index in [1.54, 1.807) is 52.4 Å². The SMILES string of the molecule is COc1c2cc(C)cc1CSc1nnc(-c3ccccc3)n1/N=C/c1ccccc1OCc1cccc(c1)COc1ccccc1/C=N/n1c(nnc1-c1ccccc1)SC2. The summed E-state index contributed by atoms with van der Waals surface area (Å²) in [5.74, 6) is 4.57. The van der Waals surface area contributed by atoms with Crippen LogP contribution in [0.4, 0.5) is 0 Å². The van der Waals surface area contributed by atoms with Gasteiger partial charge in [0.15, 0.2) is 11.6 Å². The minimum Gasteiger partial charge on any atom is -0.496 e. The molecule has 0 fully saturated rings. The predicted molar refractivity (Wildman–Crippen MR) is 242 cm³/mol. The van der Waals surface area contributed by atoms with Gasteiger partial charge in [0.2, 0.25) is 10.3 Å². The molecule has 0 aliphatic carbocycles. The van der Waals surface area contributed by atoms with Gasteiger partial charge in [0, 0.05) is 44.9 Å². The van der Waals surface area contributed by atoms with Crippen molar-refractivity contribution in [1.29, 1.82) is 0 Å². The number of aryl methyl sites for hydroxylation is 1. The maximum absolute atomic E-state index is 6.43. The van der Waals surface area contributed by atoms with Gasteiger partial charge >= 0.3 is 0 Å². The Balaban J connectivity index is 1.12. The molecule has 1 aliphatic rings. The quantitative estimate of drug-likeness (QED) is 0.172. The number of hydrogen-bond acceptors (Lipinski definition) is 11. The average molecular weight is 841 g/mol. The van der Waals surface area contributed by atoms with Crippen molar-refractivity contribution in [3.05, 3.63) is 185 Å². The zero-order valence-corrected chi connectivity index (χ0v) is 35.1. The third-order valence-electron chi connectivity index (χ3n) is 9.84. The molecule has 9 rings (SSSR count). The van der Waals surface area contributed by atoms with Gasteiger partial charge in [0.25, 0.3) is 0 Å². The van der Waals surface area contributed by atoms with Crippen LogP contribution in [0.15, 0.2) is 166 Å². The van der Waals surface area contributed by atoms with Crippen LogP contribution >= 0.6 is 23.5 Å². The highest BCUT2D eigenvalue weighted by Gasteiger charge is 2.20. The van der Waals surface area contributed by atoms with E-state index >= 15 is 0 Å². The number of nitrogens with zero attached hydrogens (tertiary/aromatic N) is 8. The Labute approximate surface area is 362 Å². The number of para-hydroxylation sites is 2. The first kappa shape index (κ1) is 39.5. The van der Waals surface area contributed by atoms with Gasteiger partial charge in [-0.1, -0.05) is 144 Å². The second kappa shape index (κ2) is 18.5. The van der Waals surface area contributed by atoms with Crippen LogP contribution in [0.1, 0.15) is 38.9 Å². The number of aromatic nitrogens is 6. The Bertz CT molecular complexity index is 2660. The molecule has 0 spiro atoms. The van der Waals surface area contributed by atoms with E-state index in [0.29, 0.717) is 58.2 Å². The lowest BCUT2D eigenvalue weighted by Crippen LogP contribution is -2.03. The van der Waals surface area contributed by atoms with E-state index < -0.39 is 0 Å². The van der Waals surface area contributed by atoms with Crippen LogP contribution in [0.2, 0.25) is 0 Å². The second-order valence-electron chi connectivity index (χ2n) is 14.1. The summed E-state index contributed by atoms with van der Waals surface area (Å²) in [4.78, 5) is 0. The molecule has 6 aromatic carbocycles. The molecule has 1 aliphatic heterocycles. The fraction of sp³-hybridized carbons (Fsp3) is 0.125. The molecule has 0 saturated carbocycles. The first-order valence-corrected chi connectivity index (χ1v) is 21.6. The van der Waals surface area contributed by atoms with Crippen LogP contribution in [0.3, 0.4) is 0 Å². The van der Waals surface area contributed by atoms with E-state index in [0.717, 1.165) is 55.8 Å². The van der Waals surface area contributed by atoms with Crippen molar-refractivity contribution in [3.8, 4) is 40.0 Å². The van der Waals surface area contributed by atoms with Gasteiger partial charge in [-0.3, -0.25) is 0 Å². The monoisotopic (exact) mass is 840 g/mol. The summed E-state index contributed by atoms with van der Waals surface area (Å²) in [6.07, 6.45) is 3.60. The van der Waals surface area contributed by atoms with Gasteiger partial charge in [0.1, 0.15) is 30.5 Å². The third-order valence-corrected chi connectivity index (χ3v) is 11.8. The zero-order valence-electron chi connectivity index (χ0n) is 33.5. The molecule has 13 heteroatoms. The van der Waals surface area contributed by atoms with Crippen LogP contribution in [-0.2, 0) is 24.7 Å². The summed E-state index contributed by atoms with van der Waals surface area (Å²) in [5, 5.41) is 29.7. The number of thioether (sulfide) groups is 2. The van der Waals surface area contributed by atoms with E-state index in [4.69, 9.17) is 24.4 Å². The normalized spacial score (nSPS) is 14.2. The van der Waals surface area contributed by atoms with Crippen molar-refractivity contribution in [2.24, 2.45) is 10.2 Å². The largest absolute Gasteiger partial charge is 0.496 e. The van der Waals surface area contributed by atoms with Crippen molar-refractivity contribution >= 4 is 36.0 Å². The van der Waals surface area contributed by atoms with Gasteiger partial charge in [-0.2, -0.15) is 19.6 Å². The van der Waals surface area contributed by atoms with Crippen LogP contribution in [-0.4, -0.2) is 49.3 Å². The van der Waals surface area contributed by atoms with Crippen molar-refractivity contribution in [1.82, 2.24) is 29.7 Å². The molecule has 0 radical (unpaired) electrons. The van der Waals surface area contributed by atoms with Crippen molar-refractivity contribution in [3.63, 3.8) is 0 Å². The number of methoxy groups -OCH3 is 1. The molecule has 0 N–H and O–H groups in total.